The fourth-order valence-corrected chi connectivity index (χ4v) is 2.30. The van der Waals surface area contributed by atoms with Crippen LogP contribution < -0.4 is 10.5 Å². The van der Waals surface area contributed by atoms with Crippen molar-refractivity contribution in [3.8, 4) is 16.9 Å². The first-order valence-corrected chi connectivity index (χ1v) is 6.51. The second kappa shape index (κ2) is 5.77. The Hall–Kier alpha value is -2.02. The predicted molar refractivity (Wildman–Crippen MR) is 74.8 cm³/mol. The summed E-state index contributed by atoms with van der Waals surface area (Å²) in [6.45, 7) is 0. The molecule has 2 aromatic carbocycles. The molecule has 0 aliphatic rings. The Morgan fingerprint density at radius 1 is 1.14 bits per heavy atom. The van der Waals surface area contributed by atoms with Crippen LogP contribution in [-0.4, -0.2) is 12.3 Å². The van der Waals surface area contributed by atoms with Crippen LogP contribution in [0.5, 0.6) is 5.75 Å². The lowest BCUT2D eigenvalue weighted by atomic mass is 10.0. The maximum absolute atomic E-state index is 12.4. The molecule has 0 spiro atoms. The highest BCUT2D eigenvalue weighted by atomic mass is 79.9. The molecule has 0 saturated carbocycles. The number of nitrogens with two attached hydrogens (primary N) is 1. The summed E-state index contributed by atoms with van der Waals surface area (Å²) in [6, 6.07) is 10.1. The summed E-state index contributed by atoms with van der Waals surface area (Å²) in [4.78, 5) is 11.2. The Kier molecular flexibility index (Phi) is 4.22. The van der Waals surface area contributed by atoms with Crippen molar-refractivity contribution in [2.45, 2.75) is 6.36 Å². The molecule has 2 N–H and O–H groups in total. The number of halogens is 4. The highest BCUT2D eigenvalue weighted by molar-refractivity contribution is 9.10. The molecular weight excluding hydrogens is 351 g/mol. The van der Waals surface area contributed by atoms with Crippen LogP contribution in [0.1, 0.15) is 10.4 Å². The van der Waals surface area contributed by atoms with Gasteiger partial charge in [-0.3, -0.25) is 4.79 Å². The van der Waals surface area contributed by atoms with Crippen LogP contribution in [0, 0.1) is 0 Å². The first-order valence-electron chi connectivity index (χ1n) is 5.72. The van der Waals surface area contributed by atoms with Crippen molar-refractivity contribution < 1.29 is 22.7 Å². The van der Waals surface area contributed by atoms with Gasteiger partial charge in [-0.1, -0.05) is 34.1 Å². The maximum atomic E-state index is 12.4. The number of ether oxygens (including phenoxy) is 1. The van der Waals surface area contributed by atoms with Crippen molar-refractivity contribution in [2.24, 2.45) is 5.73 Å². The van der Waals surface area contributed by atoms with Gasteiger partial charge in [0.15, 0.2) is 0 Å². The molecule has 0 unspecified atom stereocenters. The molecule has 0 fully saturated rings. The third-order valence-electron chi connectivity index (χ3n) is 2.61. The average Bonchev–Trinajstić information content (AvgIpc) is 2.36. The molecule has 2 rings (SSSR count). The monoisotopic (exact) mass is 359 g/mol. The van der Waals surface area contributed by atoms with Gasteiger partial charge >= 0.3 is 6.36 Å². The molecule has 0 radical (unpaired) electrons. The topological polar surface area (TPSA) is 52.3 Å². The van der Waals surface area contributed by atoms with Gasteiger partial charge in [0, 0.05) is 15.6 Å². The maximum Gasteiger partial charge on any atom is 0.573 e. The van der Waals surface area contributed by atoms with Crippen molar-refractivity contribution in [1.29, 1.82) is 0 Å². The molecule has 110 valence electrons. The van der Waals surface area contributed by atoms with E-state index in [4.69, 9.17) is 5.73 Å². The number of benzene rings is 2. The smallest absolute Gasteiger partial charge is 0.405 e. The lowest BCUT2D eigenvalue weighted by Gasteiger charge is -2.14. The van der Waals surface area contributed by atoms with E-state index in [0.29, 0.717) is 10.0 Å². The van der Waals surface area contributed by atoms with E-state index in [1.165, 1.54) is 30.3 Å². The minimum atomic E-state index is -4.80. The third kappa shape index (κ3) is 3.98. The Morgan fingerprint density at radius 2 is 1.81 bits per heavy atom. The number of hydrogen-bond donors (Lipinski definition) is 1. The van der Waals surface area contributed by atoms with E-state index in [2.05, 4.69) is 20.7 Å². The zero-order valence-electron chi connectivity index (χ0n) is 10.4. The highest BCUT2D eigenvalue weighted by Crippen LogP contribution is 2.35. The second-order valence-electron chi connectivity index (χ2n) is 4.14. The van der Waals surface area contributed by atoms with Crippen molar-refractivity contribution >= 4 is 21.8 Å². The minimum Gasteiger partial charge on any atom is -0.405 e. The van der Waals surface area contributed by atoms with Crippen LogP contribution in [-0.2, 0) is 0 Å². The molecular formula is C14H9BrF3NO2. The normalized spacial score (nSPS) is 11.2. The van der Waals surface area contributed by atoms with Crippen molar-refractivity contribution in [2.75, 3.05) is 0 Å². The van der Waals surface area contributed by atoms with Gasteiger partial charge in [-0.15, -0.1) is 13.2 Å². The lowest BCUT2D eigenvalue weighted by molar-refractivity contribution is -0.274. The fraction of sp³-hybridized carbons (Fsp3) is 0.0714. The Bertz CT molecular complexity index is 686. The van der Waals surface area contributed by atoms with E-state index in [1.54, 1.807) is 12.1 Å². The van der Waals surface area contributed by atoms with Gasteiger partial charge in [-0.2, -0.15) is 0 Å². The number of primary amides is 1. The quantitative estimate of drug-likeness (QED) is 0.896. The summed E-state index contributed by atoms with van der Waals surface area (Å²) < 4.78 is 41.8. The van der Waals surface area contributed by atoms with E-state index in [0.717, 1.165) is 0 Å². The van der Waals surface area contributed by atoms with Gasteiger partial charge in [-0.05, 0) is 29.8 Å². The summed E-state index contributed by atoms with van der Waals surface area (Å²) in [5, 5.41) is 0. The summed E-state index contributed by atoms with van der Waals surface area (Å²) in [5.74, 6) is -1.02. The number of rotatable bonds is 3. The average molecular weight is 360 g/mol. The van der Waals surface area contributed by atoms with E-state index in [1.807, 2.05) is 0 Å². The number of para-hydroxylation sites is 1. The molecule has 0 atom stereocenters. The first-order chi connectivity index (χ1) is 9.76. The number of amides is 1. The number of alkyl halides is 3. The Labute approximate surface area is 126 Å². The van der Waals surface area contributed by atoms with Crippen LogP contribution >= 0.6 is 15.9 Å². The Morgan fingerprint density at radius 3 is 2.43 bits per heavy atom. The first kappa shape index (κ1) is 15.4. The largest absolute Gasteiger partial charge is 0.573 e. The van der Waals surface area contributed by atoms with E-state index in [-0.39, 0.29) is 16.9 Å². The van der Waals surface area contributed by atoms with E-state index in [9.17, 15) is 18.0 Å². The molecule has 0 aliphatic heterocycles. The van der Waals surface area contributed by atoms with E-state index < -0.39 is 12.3 Å². The molecule has 0 aromatic heterocycles. The molecule has 7 heteroatoms. The van der Waals surface area contributed by atoms with Crippen LogP contribution in [0.15, 0.2) is 46.9 Å². The fourth-order valence-electron chi connectivity index (χ4n) is 1.81. The molecule has 2 aromatic rings. The third-order valence-corrected chi connectivity index (χ3v) is 3.06. The predicted octanol–water partition coefficient (Wildman–Crippen LogP) is 4.11. The molecule has 0 saturated heterocycles. The molecule has 3 nitrogen and oxygen atoms in total. The van der Waals surface area contributed by atoms with Crippen LogP contribution in [0.4, 0.5) is 13.2 Å². The Balaban J connectivity index is 2.54. The summed E-state index contributed by atoms with van der Waals surface area (Å²) in [5.41, 5.74) is 5.97. The molecule has 21 heavy (non-hydrogen) atoms. The highest BCUT2D eigenvalue weighted by Gasteiger charge is 2.32. The van der Waals surface area contributed by atoms with Gasteiger partial charge in [0.1, 0.15) is 5.75 Å². The van der Waals surface area contributed by atoms with Crippen molar-refractivity contribution in [3.05, 3.63) is 52.5 Å². The van der Waals surface area contributed by atoms with Crippen LogP contribution in [0.25, 0.3) is 11.1 Å². The zero-order chi connectivity index (χ0) is 15.6. The molecule has 0 heterocycles. The molecule has 1 amide bonds. The van der Waals surface area contributed by atoms with Gasteiger partial charge in [0.25, 0.3) is 0 Å². The van der Waals surface area contributed by atoms with Gasteiger partial charge in [0.05, 0.1) is 0 Å². The molecule has 0 aliphatic carbocycles. The standard InChI is InChI=1S/C14H9BrF3NO2/c15-10-6-8(5-9(7-10)13(19)20)11-3-1-2-4-12(11)21-14(16,17)18/h1-7H,(H2,19,20). The van der Waals surface area contributed by atoms with Gasteiger partial charge in [0.2, 0.25) is 5.91 Å². The van der Waals surface area contributed by atoms with Crippen molar-refractivity contribution in [1.82, 2.24) is 0 Å². The SMILES string of the molecule is NC(=O)c1cc(Br)cc(-c2ccccc2OC(F)(F)F)c1. The summed E-state index contributed by atoms with van der Waals surface area (Å²) in [7, 11) is 0. The van der Waals surface area contributed by atoms with Crippen molar-refractivity contribution in [3.63, 3.8) is 0 Å². The minimum absolute atomic E-state index is 0.182. The summed E-state index contributed by atoms with van der Waals surface area (Å²) in [6.07, 6.45) is -4.80. The summed E-state index contributed by atoms with van der Waals surface area (Å²) >= 11 is 3.19. The number of carbonyl (C=O) groups excluding carboxylic acids is 1. The van der Waals surface area contributed by atoms with Crippen LogP contribution in [0.3, 0.4) is 0 Å². The second-order valence-corrected chi connectivity index (χ2v) is 5.05. The van der Waals surface area contributed by atoms with Gasteiger partial charge in [-0.25, -0.2) is 0 Å². The van der Waals surface area contributed by atoms with Crippen LogP contribution in [0.2, 0.25) is 0 Å². The zero-order valence-corrected chi connectivity index (χ0v) is 12.0. The number of hydrogen-bond acceptors (Lipinski definition) is 2. The van der Waals surface area contributed by atoms with Gasteiger partial charge < -0.3 is 10.5 Å². The number of carbonyl (C=O) groups is 1. The molecule has 0 bridgehead atoms. The lowest BCUT2D eigenvalue weighted by Crippen LogP contribution is -2.17. The van der Waals surface area contributed by atoms with E-state index >= 15 is 0 Å².